The first kappa shape index (κ1) is 31.5. The molecule has 0 spiro atoms. The molecule has 0 radical (unpaired) electrons. The second kappa shape index (κ2) is 12.8. The topological polar surface area (TPSA) is 38.7 Å². The molecule has 0 atom stereocenters. The summed E-state index contributed by atoms with van der Waals surface area (Å²) in [4.78, 5) is 14.8. The van der Waals surface area contributed by atoms with Crippen LogP contribution in [-0.4, -0.2) is 15.0 Å². The average molecular weight is 718 g/mol. The van der Waals surface area contributed by atoms with Crippen molar-refractivity contribution in [3.05, 3.63) is 188 Å². The first-order valence-electron chi connectivity index (χ1n) is 18.5. The van der Waals surface area contributed by atoms with Gasteiger partial charge in [0.25, 0.3) is 0 Å². The van der Waals surface area contributed by atoms with Gasteiger partial charge in [-0.3, -0.25) is 0 Å². The molecule has 0 saturated carbocycles. The van der Waals surface area contributed by atoms with Gasteiger partial charge in [-0.15, -0.1) is 11.3 Å². The summed E-state index contributed by atoms with van der Waals surface area (Å²) in [5.74, 6) is 1.96. The first-order valence-corrected chi connectivity index (χ1v) is 19.3. The number of rotatable bonds is 5. The van der Waals surface area contributed by atoms with Gasteiger partial charge in [-0.1, -0.05) is 170 Å². The molecule has 0 aliphatic rings. The molecule has 2 heterocycles. The quantitative estimate of drug-likeness (QED) is 0.166. The van der Waals surface area contributed by atoms with Crippen LogP contribution in [0.5, 0.6) is 0 Å². The molecule has 0 saturated heterocycles. The van der Waals surface area contributed by atoms with Crippen molar-refractivity contribution in [2.24, 2.45) is 0 Å². The highest BCUT2D eigenvalue weighted by Crippen LogP contribution is 2.44. The Morgan fingerprint density at radius 3 is 1.45 bits per heavy atom. The van der Waals surface area contributed by atoms with Crippen molar-refractivity contribution in [3.8, 4) is 56.4 Å². The lowest BCUT2D eigenvalue weighted by atomic mass is 9.90. The van der Waals surface area contributed by atoms with E-state index in [0.29, 0.717) is 17.5 Å². The third-order valence-corrected chi connectivity index (χ3v) is 11.8. The van der Waals surface area contributed by atoms with Gasteiger partial charge in [0.05, 0.1) is 0 Å². The SMILES string of the molecule is c1ccc(-c2nc(-c3ccccc3)nc(-c3ccc(-c4ccccc4-c4ccc5c(ccc6ccc7ccc8sc9ccccc9c8c7c65)c4)cc3)n2)cc1. The highest BCUT2D eigenvalue weighted by atomic mass is 32.1. The second-order valence-electron chi connectivity index (χ2n) is 14.0. The summed E-state index contributed by atoms with van der Waals surface area (Å²) in [6.45, 7) is 0. The van der Waals surface area contributed by atoms with Crippen LogP contribution < -0.4 is 0 Å². The second-order valence-corrected chi connectivity index (χ2v) is 15.0. The van der Waals surface area contributed by atoms with E-state index < -0.39 is 0 Å². The van der Waals surface area contributed by atoms with Gasteiger partial charge in [-0.05, 0) is 72.8 Å². The van der Waals surface area contributed by atoms with E-state index in [-0.39, 0.29) is 0 Å². The number of hydrogen-bond acceptors (Lipinski definition) is 4. The molecule has 9 aromatic carbocycles. The molecule has 0 N–H and O–H groups in total. The molecule has 0 amide bonds. The molecule has 11 rings (SSSR count). The third-order valence-electron chi connectivity index (χ3n) is 10.7. The van der Waals surface area contributed by atoms with Crippen LogP contribution in [0.3, 0.4) is 0 Å². The fourth-order valence-electron chi connectivity index (χ4n) is 8.08. The maximum atomic E-state index is 4.94. The van der Waals surface area contributed by atoms with Crippen LogP contribution >= 0.6 is 11.3 Å². The Morgan fingerprint density at radius 2 is 0.782 bits per heavy atom. The number of hydrogen-bond donors (Lipinski definition) is 0. The molecule has 256 valence electrons. The minimum absolute atomic E-state index is 0.648. The zero-order valence-electron chi connectivity index (χ0n) is 29.6. The molecule has 3 nitrogen and oxygen atoms in total. The molecule has 0 fully saturated rings. The molecular formula is C51H31N3S. The summed E-state index contributed by atoms with van der Waals surface area (Å²) < 4.78 is 2.66. The fraction of sp³-hybridized carbons (Fsp3) is 0. The van der Waals surface area contributed by atoms with Crippen molar-refractivity contribution in [1.82, 2.24) is 15.0 Å². The molecule has 55 heavy (non-hydrogen) atoms. The maximum absolute atomic E-state index is 4.94. The molecule has 0 unspecified atom stereocenters. The van der Waals surface area contributed by atoms with Crippen LogP contribution in [0.25, 0.3) is 109 Å². The summed E-state index contributed by atoms with van der Waals surface area (Å²) in [6.07, 6.45) is 0. The van der Waals surface area contributed by atoms with Crippen molar-refractivity contribution in [2.75, 3.05) is 0 Å². The Hall–Kier alpha value is -7.01. The first-order chi connectivity index (χ1) is 27.2. The van der Waals surface area contributed by atoms with Gasteiger partial charge in [-0.2, -0.15) is 0 Å². The summed E-state index contributed by atoms with van der Waals surface area (Å²) >= 11 is 1.88. The van der Waals surface area contributed by atoms with Gasteiger partial charge in [-0.25, -0.2) is 15.0 Å². The average Bonchev–Trinajstić information content (AvgIpc) is 3.65. The molecule has 0 aliphatic heterocycles. The van der Waals surface area contributed by atoms with Gasteiger partial charge < -0.3 is 0 Å². The maximum Gasteiger partial charge on any atom is 0.164 e. The number of fused-ring (bicyclic) bond motifs is 9. The van der Waals surface area contributed by atoms with E-state index >= 15 is 0 Å². The zero-order chi connectivity index (χ0) is 36.3. The van der Waals surface area contributed by atoms with E-state index in [1.165, 1.54) is 69.2 Å². The highest BCUT2D eigenvalue weighted by molar-refractivity contribution is 7.26. The van der Waals surface area contributed by atoms with Crippen molar-refractivity contribution < 1.29 is 0 Å². The van der Waals surface area contributed by atoms with E-state index in [1.807, 2.05) is 72.0 Å². The Kier molecular flexibility index (Phi) is 7.35. The zero-order valence-corrected chi connectivity index (χ0v) is 30.5. The number of thiophene rings is 1. The Labute approximate surface area is 321 Å². The van der Waals surface area contributed by atoms with Crippen LogP contribution in [0.2, 0.25) is 0 Å². The molecule has 4 heteroatoms. The minimum Gasteiger partial charge on any atom is -0.208 e. The molecule has 2 aromatic heterocycles. The van der Waals surface area contributed by atoms with Gasteiger partial charge in [0.1, 0.15) is 0 Å². The summed E-state index contributed by atoms with van der Waals surface area (Å²) in [7, 11) is 0. The molecule has 11 aromatic rings. The monoisotopic (exact) mass is 717 g/mol. The van der Waals surface area contributed by atoms with Crippen LogP contribution in [-0.2, 0) is 0 Å². The lowest BCUT2D eigenvalue weighted by Gasteiger charge is -2.14. The van der Waals surface area contributed by atoms with E-state index in [9.17, 15) is 0 Å². The molecule has 0 bridgehead atoms. The molecule has 0 aliphatic carbocycles. The van der Waals surface area contributed by atoms with Crippen molar-refractivity contribution >= 4 is 63.8 Å². The molecular weight excluding hydrogens is 687 g/mol. The summed E-state index contributed by atoms with van der Waals surface area (Å²) in [5.41, 5.74) is 7.55. The van der Waals surface area contributed by atoms with E-state index in [0.717, 1.165) is 22.3 Å². The fourth-order valence-corrected chi connectivity index (χ4v) is 9.19. The van der Waals surface area contributed by atoms with Crippen LogP contribution in [0, 0.1) is 0 Å². The Bertz CT molecular complexity index is 3180. The van der Waals surface area contributed by atoms with Crippen molar-refractivity contribution in [1.29, 1.82) is 0 Å². The minimum atomic E-state index is 0.648. The lowest BCUT2D eigenvalue weighted by Crippen LogP contribution is -2.00. The summed E-state index contributed by atoms with van der Waals surface area (Å²) in [6, 6.07) is 67.0. The third kappa shape index (κ3) is 5.38. The highest BCUT2D eigenvalue weighted by Gasteiger charge is 2.16. The summed E-state index contributed by atoms with van der Waals surface area (Å²) in [5, 5.41) is 10.4. The largest absolute Gasteiger partial charge is 0.208 e. The number of benzene rings is 9. The van der Waals surface area contributed by atoms with E-state index in [2.05, 4.69) is 127 Å². The van der Waals surface area contributed by atoms with Crippen molar-refractivity contribution in [2.45, 2.75) is 0 Å². The van der Waals surface area contributed by atoms with E-state index in [1.54, 1.807) is 0 Å². The van der Waals surface area contributed by atoms with Gasteiger partial charge in [0, 0.05) is 36.9 Å². The van der Waals surface area contributed by atoms with Crippen LogP contribution in [0.1, 0.15) is 0 Å². The van der Waals surface area contributed by atoms with E-state index in [4.69, 9.17) is 15.0 Å². The normalized spacial score (nSPS) is 11.6. The predicted octanol–water partition coefficient (Wildman–Crippen LogP) is 14.0. The Morgan fingerprint density at radius 1 is 0.291 bits per heavy atom. The number of aromatic nitrogens is 3. The van der Waals surface area contributed by atoms with Gasteiger partial charge >= 0.3 is 0 Å². The van der Waals surface area contributed by atoms with Gasteiger partial charge in [0.2, 0.25) is 0 Å². The standard InChI is InChI=1S/C51H31N3S/c1-3-11-35(12-4-1)49-52-50(36-13-5-2-6-14-36)54-51(53-49)37-24-19-32(20-25-37)40-15-7-8-16-41(40)38-27-29-42-39(31-38)26-23-33-21-22-34-28-30-45-48(47(34)46(33)42)43-17-9-10-18-44(43)55-45/h1-31H. The van der Waals surface area contributed by atoms with Crippen LogP contribution in [0.4, 0.5) is 0 Å². The van der Waals surface area contributed by atoms with Crippen LogP contribution in [0.15, 0.2) is 188 Å². The lowest BCUT2D eigenvalue weighted by molar-refractivity contribution is 1.07. The predicted molar refractivity (Wildman–Crippen MR) is 232 cm³/mol. The smallest absolute Gasteiger partial charge is 0.164 e. The van der Waals surface area contributed by atoms with Gasteiger partial charge in [0.15, 0.2) is 17.5 Å². The number of nitrogens with zero attached hydrogens (tertiary/aromatic N) is 3. The van der Waals surface area contributed by atoms with Crippen molar-refractivity contribution in [3.63, 3.8) is 0 Å². The Balaban J connectivity index is 1.01.